The van der Waals surface area contributed by atoms with Crippen LogP contribution in [0.3, 0.4) is 0 Å². The van der Waals surface area contributed by atoms with Gasteiger partial charge in [-0.05, 0) is 41.5 Å². The third kappa shape index (κ3) is 4.80. The number of carbonyl (C=O) groups excluding carboxylic acids is 1. The van der Waals surface area contributed by atoms with Crippen molar-refractivity contribution in [2.24, 2.45) is 5.10 Å². The fourth-order valence-corrected chi connectivity index (χ4v) is 2.78. The van der Waals surface area contributed by atoms with Crippen LogP contribution in [0.25, 0.3) is 0 Å². The Bertz CT molecular complexity index is 937. The molecule has 26 heavy (non-hydrogen) atoms. The number of methoxy groups -OCH3 is 1. The molecule has 0 atom stereocenters. The standard InChI is InChI=1S/C19H17BrN4O2/c1-26-17-7-3-4-14(11-17)12-21-22-19(25)18-8-9-24(23-18)13-15-5-2-6-16(20)10-15/h2-12H,13H2,1H3,(H,22,25). The van der Waals surface area contributed by atoms with E-state index in [2.05, 4.69) is 31.6 Å². The topological polar surface area (TPSA) is 68.5 Å². The second kappa shape index (κ2) is 8.44. The Kier molecular flexibility index (Phi) is 5.80. The number of hydrogen-bond donors (Lipinski definition) is 1. The first-order valence-electron chi connectivity index (χ1n) is 7.89. The number of benzene rings is 2. The maximum atomic E-state index is 12.1. The molecular formula is C19H17BrN4O2. The van der Waals surface area contributed by atoms with Crippen molar-refractivity contribution in [3.05, 3.63) is 82.1 Å². The van der Waals surface area contributed by atoms with Crippen LogP contribution >= 0.6 is 15.9 Å². The van der Waals surface area contributed by atoms with Gasteiger partial charge in [-0.3, -0.25) is 9.48 Å². The second-order valence-corrected chi connectivity index (χ2v) is 6.42. The molecule has 0 bridgehead atoms. The highest BCUT2D eigenvalue weighted by atomic mass is 79.9. The maximum Gasteiger partial charge on any atom is 0.291 e. The number of nitrogens with one attached hydrogen (secondary N) is 1. The van der Waals surface area contributed by atoms with Crippen LogP contribution in [0.5, 0.6) is 5.75 Å². The minimum atomic E-state index is -0.364. The van der Waals surface area contributed by atoms with E-state index in [-0.39, 0.29) is 5.91 Å². The zero-order valence-corrected chi connectivity index (χ0v) is 15.7. The highest BCUT2D eigenvalue weighted by Gasteiger charge is 2.08. The molecule has 0 aliphatic heterocycles. The first-order valence-corrected chi connectivity index (χ1v) is 8.69. The highest BCUT2D eigenvalue weighted by Crippen LogP contribution is 2.13. The zero-order valence-electron chi connectivity index (χ0n) is 14.1. The van der Waals surface area contributed by atoms with E-state index in [1.807, 2.05) is 48.5 Å². The van der Waals surface area contributed by atoms with Gasteiger partial charge in [0.25, 0.3) is 5.91 Å². The molecule has 6 nitrogen and oxygen atoms in total. The normalized spacial score (nSPS) is 10.8. The molecule has 0 aliphatic carbocycles. The molecule has 0 unspecified atom stereocenters. The number of aromatic nitrogens is 2. The first-order chi connectivity index (χ1) is 12.6. The molecule has 0 radical (unpaired) electrons. The predicted octanol–water partition coefficient (Wildman–Crippen LogP) is 3.47. The quantitative estimate of drug-likeness (QED) is 0.497. The van der Waals surface area contributed by atoms with Gasteiger partial charge in [-0.15, -0.1) is 0 Å². The van der Waals surface area contributed by atoms with Crippen LogP contribution in [0.2, 0.25) is 0 Å². The van der Waals surface area contributed by atoms with Gasteiger partial charge in [0.15, 0.2) is 5.69 Å². The lowest BCUT2D eigenvalue weighted by molar-refractivity contribution is 0.0949. The lowest BCUT2D eigenvalue weighted by Crippen LogP contribution is -2.18. The van der Waals surface area contributed by atoms with E-state index in [1.165, 1.54) is 0 Å². The van der Waals surface area contributed by atoms with Crippen molar-refractivity contribution < 1.29 is 9.53 Å². The Morgan fingerprint density at radius 3 is 2.92 bits per heavy atom. The van der Waals surface area contributed by atoms with Crippen molar-refractivity contribution >= 4 is 28.1 Å². The average molecular weight is 413 g/mol. The predicted molar refractivity (Wildman–Crippen MR) is 104 cm³/mol. The molecule has 0 saturated carbocycles. The highest BCUT2D eigenvalue weighted by molar-refractivity contribution is 9.10. The fraction of sp³-hybridized carbons (Fsp3) is 0.105. The van der Waals surface area contributed by atoms with Crippen LogP contribution in [0.15, 0.2) is 70.4 Å². The molecule has 1 amide bonds. The SMILES string of the molecule is COc1cccc(C=NNC(=O)c2ccn(Cc3cccc(Br)c3)n2)c1. The smallest absolute Gasteiger partial charge is 0.291 e. The van der Waals surface area contributed by atoms with E-state index in [4.69, 9.17) is 4.74 Å². The van der Waals surface area contributed by atoms with E-state index in [0.29, 0.717) is 12.2 Å². The van der Waals surface area contributed by atoms with Crippen molar-refractivity contribution in [1.29, 1.82) is 0 Å². The number of halogens is 1. The van der Waals surface area contributed by atoms with Crippen LogP contribution < -0.4 is 10.2 Å². The van der Waals surface area contributed by atoms with Crippen LogP contribution in [-0.4, -0.2) is 29.0 Å². The maximum absolute atomic E-state index is 12.1. The fourth-order valence-electron chi connectivity index (χ4n) is 2.34. The van der Waals surface area contributed by atoms with Gasteiger partial charge in [-0.25, -0.2) is 5.43 Å². The van der Waals surface area contributed by atoms with Gasteiger partial charge in [0.2, 0.25) is 0 Å². The van der Waals surface area contributed by atoms with E-state index < -0.39 is 0 Å². The minimum absolute atomic E-state index is 0.308. The number of carbonyl (C=O) groups is 1. The molecule has 0 aliphatic rings. The monoisotopic (exact) mass is 412 g/mol. The lowest BCUT2D eigenvalue weighted by atomic mass is 10.2. The molecule has 3 rings (SSSR count). The Hall–Kier alpha value is -2.93. The van der Waals surface area contributed by atoms with Gasteiger partial charge in [0.05, 0.1) is 19.9 Å². The molecule has 3 aromatic rings. The first kappa shape index (κ1) is 17.9. The molecule has 0 fully saturated rings. The molecule has 2 aromatic carbocycles. The average Bonchev–Trinajstić information content (AvgIpc) is 3.10. The van der Waals surface area contributed by atoms with Gasteiger partial charge < -0.3 is 4.74 Å². The lowest BCUT2D eigenvalue weighted by Gasteiger charge is -2.02. The number of hydrogen-bond acceptors (Lipinski definition) is 4. The summed E-state index contributed by atoms with van der Waals surface area (Å²) in [6, 6.07) is 17.0. The molecule has 0 spiro atoms. The number of rotatable bonds is 6. The Balaban J connectivity index is 1.60. The van der Waals surface area contributed by atoms with Gasteiger partial charge in [0, 0.05) is 10.7 Å². The summed E-state index contributed by atoms with van der Waals surface area (Å²) in [6.07, 6.45) is 3.32. The third-order valence-electron chi connectivity index (χ3n) is 3.58. The largest absolute Gasteiger partial charge is 0.497 e. The molecule has 1 heterocycles. The van der Waals surface area contributed by atoms with Crippen molar-refractivity contribution in [2.75, 3.05) is 7.11 Å². The van der Waals surface area contributed by atoms with Gasteiger partial charge in [-0.1, -0.05) is 40.2 Å². The van der Waals surface area contributed by atoms with Crippen molar-refractivity contribution in [2.45, 2.75) is 6.54 Å². The summed E-state index contributed by atoms with van der Waals surface area (Å²) in [5.74, 6) is 0.365. The summed E-state index contributed by atoms with van der Waals surface area (Å²) >= 11 is 3.44. The van der Waals surface area contributed by atoms with Crippen LogP contribution in [-0.2, 0) is 6.54 Å². The molecule has 7 heteroatoms. The van der Waals surface area contributed by atoms with Crippen molar-refractivity contribution in [3.63, 3.8) is 0 Å². The summed E-state index contributed by atoms with van der Waals surface area (Å²) in [5, 5.41) is 8.25. The van der Waals surface area contributed by atoms with Crippen LogP contribution in [0, 0.1) is 0 Å². The van der Waals surface area contributed by atoms with E-state index >= 15 is 0 Å². The minimum Gasteiger partial charge on any atom is -0.497 e. The summed E-state index contributed by atoms with van der Waals surface area (Å²) < 4.78 is 7.86. The third-order valence-corrected chi connectivity index (χ3v) is 4.07. The van der Waals surface area contributed by atoms with E-state index in [0.717, 1.165) is 21.3 Å². The number of hydrazone groups is 1. The van der Waals surface area contributed by atoms with Gasteiger partial charge in [0.1, 0.15) is 5.75 Å². The molecule has 0 saturated heterocycles. The Morgan fingerprint density at radius 2 is 2.12 bits per heavy atom. The van der Waals surface area contributed by atoms with E-state index in [9.17, 15) is 4.79 Å². The van der Waals surface area contributed by atoms with Crippen molar-refractivity contribution in [3.8, 4) is 5.75 Å². The zero-order chi connectivity index (χ0) is 18.4. The summed E-state index contributed by atoms with van der Waals surface area (Å²) in [4.78, 5) is 12.1. The number of amides is 1. The van der Waals surface area contributed by atoms with Gasteiger partial charge >= 0.3 is 0 Å². The Labute approximate surface area is 159 Å². The van der Waals surface area contributed by atoms with Crippen LogP contribution in [0.1, 0.15) is 21.6 Å². The summed E-state index contributed by atoms with van der Waals surface area (Å²) in [5.41, 5.74) is 4.70. The van der Waals surface area contributed by atoms with Crippen molar-refractivity contribution in [1.82, 2.24) is 15.2 Å². The Morgan fingerprint density at radius 1 is 1.27 bits per heavy atom. The second-order valence-electron chi connectivity index (χ2n) is 5.50. The molecule has 132 valence electrons. The summed E-state index contributed by atoms with van der Waals surface area (Å²) in [7, 11) is 1.60. The van der Waals surface area contributed by atoms with Gasteiger partial charge in [-0.2, -0.15) is 10.2 Å². The van der Waals surface area contributed by atoms with Crippen LogP contribution in [0.4, 0.5) is 0 Å². The van der Waals surface area contributed by atoms with E-state index in [1.54, 1.807) is 30.3 Å². The number of nitrogens with zero attached hydrogens (tertiary/aromatic N) is 3. The molecule has 1 aromatic heterocycles. The molecule has 1 N–H and O–H groups in total. The summed E-state index contributed by atoms with van der Waals surface area (Å²) in [6.45, 7) is 0.583. The number of ether oxygens (including phenoxy) is 1. The molecular weight excluding hydrogens is 396 g/mol.